The summed E-state index contributed by atoms with van der Waals surface area (Å²) >= 11 is 2.09. The van der Waals surface area contributed by atoms with Gasteiger partial charge in [0.05, 0.1) is 4.75 Å². The minimum Gasteiger partial charge on any atom is -0.147 e. The fraction of sp³-hybridized carbons (Fsp3) is 0.200. The SMILES string of the molecule is C(=CC1(C=CCc2cccc3ccccc23)CCCS1)Cc1cccc2ccccc12. The van der Waals surface area contributed by atoms with Gasteiger partial charge in [-0.05, 0) is 64.1 Å². The van der Waals surface area contributed by atoms with E-state index in [0.29, 0.717) is 0 Å². The highest BCUT2D eigenvalue weighted by atomic mass is 32.2. The van der Waals surface area contributed by atoms with Gasteiger partial charge in [0.25, 0.3) is 0 Å². The lowest BCUT2D eigenvalue weighted by atomic mass is 9.97. The molecule has 1 heteroatoms. The molecule has 0 saturated carbocycles. The van der Waals surface area contributed by atoms with Crippen molar-refractivity contribution in [1.82, 2.24) is 0 Å². The molecule has 0 amide bonds. The van der Waals surface area contributed by atoms with Gasteiger partial charge < -0.3 is 0 Å². The number of hydrogen-bond donors (Lipinski definition) is 0. The number of fused-ring (bicyclic) bond motifs is 2. The van der Waals surface area contributed by atoms with Crippen molar-refractivity contribution in [3.05, 3.63) is 120 Å². The maximum absolute atomic E-state index is 2.46. The number of hydrogen-bond acceptors (Lipinski definition) is 1. The lowest BCUT2D eigenvalue weighted by molar-refractivity contribution is 0.776. The van der Waals surface area contributed by atoms with E-state index >= 15 is 0 Å². The van der Waals surface area contributed by atoms with Gasteiger partial charge in [-0.2, -0.15) is 0 Å². The summed E-state index contributed by atoms with van der Waals surface area (Å²) in [6.07, 6.45) is 14.2. The van der Waals surface area contributed by atoms with Gasteiger partial charge in [-0.3, -0.25) is 0 Å². The molecule has 1 aliphatic rings. The highest BCUT2D eigenvalue weighted by molar-refractivity contribution is 8.01. The average Bonchev–Trinajstić information content (AvgIpc) is 3.28. The smallest absolute Gasteiger partial charge is 0.0519 e. The molecule has 0 bridgehead atoms. The van der Waals surface area contributed by atoms with Crippen LogP contribution in [0, 0.1) is 0 Å². The number of allylic oxidation sites excluding steroid dienone is 2. The predicted molar refractivity (Wildman–Crippen MR) is 138 cm³/mol. The zero-order chi connectivity index (χ0) is 20.9. The quantitative estimate of drug-likeness (QED) is 0.284. The van der Waals surface area contributed by atoms with Crippen molar-refractivity contribution in [3.8, 4) is 0 Å². The Kier molecular flexibility index (Phi) is 5.95. The summed E-state index contributed by atoms with van der Waals surface area (Å²) in [5.41, 5.74) is 2.82. The van der Waals surface area contributed by atoms with E-state index < -0.39 is 0 Å². The van der Waals surface area contributed by atoms with Gasteiger partial charge in [0.15, 0.2) is 0 Å². The highest BCUT2D eigenvalue weighted by Crippen LogP contribution is 2.41. The van der Waals surface area contributed by atoms with Crippen LogP contribution in [0.5, 0.6) is 0 Å². The van der Waals surface area contributed by atoms with Crippen molar-refractivity contribution < 1.29 is 0 Å². The van der Waals surface area contributed by atoms with Crippen LogP contribution in [0.2, 0.25) is 0 Å². The molecule has 4 aromatic rings. The average molecular weight is 421 g/mol. The molecule has 1 saturated heterocycles. The van der Waals surface area contributed by atoms with Gasteiger partial charge in [-0.15, -0.1) is 11.8 Å². The van der Waals surface area contributed by atoms with Gasteiger partial charge >= 0.3 is 0 Å². The Bertz CT molecular complexity index is 1140. The number of thioether (sulfide) groups is 1. The lowest BCUT2D eigenvalue weighted by Gasteiger charge is -2.20. The van der Waals surface area contributed by atoms with E-state index in [1.165, 1.54) is 51.3 Å². The Hall–Kier alpha value is -2.77. The molecule has 0 unspecified atom stereocenters. The van der Waals surface area contributed by atoms with Crippen LogP contribution in [0.15, 0.2) is 109 Å². The van der Waals surface area contributed by atoms with Crippen molar-refractivity contribution in [2.24, 2.45) is 0 Å². The van der Waals surface area contributed by atoms with Crippen molar-refractivity contribution in [2.75, 3.05) is 5.75 Å². The van der Waals surface area contributed by atoms with Gasteiger partial charge in [0.2, 0.25) is 0 Å². The Morgan fingerprint density at radius 2 is 1.16 bits per heavy atom. The molecule has 1 fully saturated rings. The van der Waals surface area contributed by atoms with Crippen molar-refractivity contribution in [3.63, 3.8) is 0 Å². The zero-order valence-corrected chi connectivity index (χ0v) is 18.7. The molecule has 154 valence electrons. The Balaban J connectivity index is 1.33. The first-order valence-electron chi connectivity index (χ1n) is 11.3. The molecule has 0 N–H and O–H groups in total. The number of benzene rings is 4. The van der Waals surface area contributed by atoms with Crippen LogP contribution in [0.1, 0.15) is 24.0 Å². The molecule has 0 aromatic heterocycles. The standard InChI is InChI=1S/C30H28S/c1-3-18-28-24(10-1)12-5-14-26(28)16-7-20-30(22-9-23-31-30)21-8-17-27-15-6-13-25-11-2-4-19-29(25)27/h1-8,10-15,18-21H,9,16-17,22-23H2. The van der Waals surface area contributed by atoms with Crippen molar-refractivity contribution in [2.45, 2.75) is 30.4 Å². The third-order valence-electron chi connectivity index (χ3n) is 6.32. The maximum atomic E-state index is 2.46. The van der Waals surface area contributed by atoms with Crippen LogP contribution in [-0.2, 0) is 12.8 Å². The summed E-state index contributed by atoms with van der Waals surface area (Å²) in [5, 5.41) is 5.39. The predicted octanol–water partition coefficient (Wildman–Crippen LogP) is 8.16. The third kappa shape index (κ3) is 4.48. The van der Waals surface area contributed by atoms with Crippen LogP contribution in [-0.4, -0.2) is 10.5 Å². The maximum Gasteiger partial charge on any atom is 0.0519 e. The molecule has 0 spiro atoms. The van der Waals surface area contributed by atoms with E-state index in [4.69, 9.17) is 0 Å². The molecule has 31 heavy (non-hydrogen) atoms. The molecular weight excluding hydrogens is 392 g/mol. The first kappa shape index (κ1) is 20.2. The van der Waals surface area contributed by atoms with Crippen molar-refractivity contribution >= 4 is 33.3 Å². The lowest BCUT2D eigenvalue weighted by Crippen LogP contribution is -2.13. The highest BCUT2D eigenvalue weighted by Gasteiger charge is 2.28. The van der Waals surface area contributed by atoms with E-state index in [1.54, 1.807) is 0 Å². The molecular formula is C30H28S. The summed E-state index contributed by atoms with van der Waals surface area (Å²) in [6, 6.07) is 30.7. The van der Waals surface area contributed by atoms with Gasteiger partial charge in [-0.1, -0.05) is 109 Å². The Morgan fingerprint density at radius 3 is 1.68 bits per heavy atom. The van der Waals surface area contributed by atoms with Crippen molar-refractivity contribution in [1.29, 1.82) is 0 Å². The molecule has 0 atom stereocenters. The fourth-order valence-electron chi connectivity index (χ4n) is 4.71. The van der Waals surface area contributed by atoms with E-state index in [2.05, 4.69) is 121 Å². The van der Waals surface area contributed by atoms with Crippen LogP contribution < -0.4 is 0 Å². The van der Waals surface area contributed by atoms with Gasteiger partial charge in [0.1, 0.15) is 0 Å². The molecule has 0 nitrogen and oxygen atoms in total. The van der Waals surface area contributed by atoms with Crippen LogP contribution in [0.4, 0.5) is 0 Å². The summed E-state index contributed by atoms with van der Waals surface area (Å²) in [7, 11) is 0. The summed E-state index contributed by atoms with van der Waals surface area (Å²) < 4.78 is 0.148. The normalized spacial score (nSPS) is 19.2. The second-order valence-electron chi connectivity index (χ2n) is 8.40. The van der Waals surface area contributed by atoms with Gasteiger partial charge in [-0.25, -0.2) is 0 Å². The number of rotatable bonds is 6. The largest absolute Gasteiger partial charge is 0.147 e. The molecule has 0 radical (unpaired) electrons. The first-order valence-corrected chi connectivity index (χ1v) is 12.2. The second-order valence-corrected chi connectivity index (χ2v) is 9.85. The van der Waals surface area contributed by atoms with Gasteiger partial charge in [0, 0.05) is 0 Å². The zero-order valence-electron chi connectivity index (χ0n) is 17.8. The molecule has 4 aromatic carbocycles. The monoisotopic (exact) mass is 420 g/mol. The minimum absolute atomic E-state index is 0.148. The molecule has 1 aliphatic heterocycles. The summed E-state index contributed by atoms with van der Waals surface area (Å²) in [6.45, 7) is 0. The van der Waals surface area contributed by atoms with Crippen LogP contribution in [0.3, 0.4) is 0 Å². The minimum atomic E-state index is 0.148. The fourth-order valence-corrected chi connectivity index (χ4v) is 6.06. The van der Waals surface area contributed by atoms with E-state index in [0.717, 1.165) is 12.8 Å². The Labute approximate surface area is 189 Å². The third-order valence-corrected chi connectivity index (χ3v) is 7.82. The molecule has 0 aliphatic carbocycles. The van der Waals surface area contributed by atoms with E-state index in [9.17, 15) is 0 Å². The molecule has 5 rings (SSSR count). The summed E-state index contributed by atoms with van der Waals surface area (Å²) in [4.78, 5) is 0. The van der Waals surface area contributed by atoms with E-state index in [1.807, 2.05) is 0 Å². The van der Waals surface area contributed by atoms with E-state index in [-0.39, 0.29) is 4.75 Å². The Morgan fingerprint density at radius 1 is 0.645 bits per heavy atom. The first-order chi connectivity index (χ1) is 15.3. The van der Waals surface area contributed by atoms with Crippen LogP contribution in [0.25, 0.3) is 21.5 Å². The summed E-state index contributed by atoms with van der Waals surface area (Å²) in [5.74, 6) is 1.25. The molecule has 1 heterocycles. The topological polar surface area (TPSA) is 0 Å². The second kappa shape index (κ2) is 9.16. The van der Waals surface area contributed by atoms with Crippen LogP contribution >= 0.6 is 11.8 Å².